The van der Waals surface area contributed by atoms with Gasteiger partial charge in [-0.25, -0.2) is 0 Å². The molecule has 0 aliphatic heterocycles. The number of methoxy groups -OCH3 is 1. The lowest BCUT2D eigenvalue weighted by molar-refractivity contribution is 0.0702. The summed E-state index contributed by atoms with van der Waals surface area (Å²) in [6.45, 7) is 10.7. The summed E-state index contributed by atoms with van der Waals surface area (Å²) in [6.07, 6.45) is 0. The Labute approximate surface area is 112 Å². The van der Waals surface area contributed by atoms with Crippen molar-refractivity contribution in [3.63, 3.8) is 0 Å². The van der Waals surface area contributed by atoms with Crippen LogP contribution in [0.5, 0.6) is 0 Å². The van der Waals surface area contributed by atoms with Gasteiger partial charge in [-0.15, -0.1) is 0 Å². The van der Waals surface area contributed by atoms with Crippen LogP contribution in [0.1, 0.15) is 13.8 Å². The van der Waals surface area contributed by atoms with Crippen molar-refractivity contribution in [2.75, 3.05) is 66.8 Å². The average Bonchev–Trinajstić information content (AvgIpc) is 2.38. The van der Waals surface area contributed by atoms with Gasteiger partial charge in [0.2, 0.25) is 0 Å². The molecule has 0 bridgehead atoms. The van der Waals surface area contributed by atoms with Crippen molar-refractivity contribution < 1.29 is 14.2 Å². The summed E-state index contributed by atoms with van der Waals surface area (Å²) < 4.78 is 16.0. The summed E-state index contributed by atoms with van der Waals surface area (Å²) in [6, 6.07) is 0.346. The maximum absolute atomic E-state index is 5.41. The molecule has 0 saturated carbocycles. The molecule has 0 saturated heterocycles. The summed E-state index contributed by atoms with van der Waals surface area (Å²) in [7, 11) is 3.70. The van der Waals surface area contributed by atoms with E-state index in [0.29, 0.717) is 6.04 Å². The third-order valence-corrected chi connectivity index (χ3v) is 2.77. The van der Waals surface area contributed by atoms with E-state index in [1.807, 2.05) is 20.9 Å². The molecule has 110 valence electrons. The Balaban J connectivity index is 3.99. The lowest BCUT2D eigenvalue weighted by Crippen LogP contribution is -2.44. The molecule has 0 aliphatic rings. The molecule has 0 aromatic heterocycles. The molecule has 0 amide bonds. The standard InChI is InChI=1S/C13H30N2O3/c1-5-17-9-7-15(8-10-18-6-2)11-13(14-3)12-16-4/h13-14H,5-12H2,1-4H3. The van der Waals surface area contributed by atoms with E-state index < -0.39 is 0 Å². The molecule has 0 spiro atoms. The van der Waals surface area contributed by atoms with Crippen molar-refractivity contribution in [2.45, 2.75) is 19.9 Å². The number of hydrogen-bond donors (Lipinski definition) is 1. The molecular weight excluding hydrogens is 232 g/mol. The van der Waals surface area contributed by atoms with E-state index in [0.717, 1.165) is 52.7 Å². The van der Waals surface area contributed by atoms with Crippen LogP contribution in [0, 0.1) is 0 Å². The Morgan fingerprint density at radius 3 is 2.00 bits per heavy atom. The third kappa shape index (κ3) is 9.79. The van der Waals surface area contributed by atoms with Gasteiger partial charge in [0.15, 0.2) is 0 Å². The predicted octanol–water partition coefficient (Wildman–Crippen LogP) is 0.596. The topological polar surface area (TPSA) is 43.0 Å². The number of rotatable bonds is 13. The van der Waals surface area contributed by atoms with Crippen molar-refractivity contribution in [2.24, 2.45) is 0 Å². The molecule has 5 heteroatoms. The summed E-state index contributed by atoms with van der Waals surface area (Å²) >= 11 is 0. The van der Waals surface area contributed by atoms with E-state index in [9.17, 15) is 0 Å². The zero-order chi connectivity index (χ0) is 13.6. The summed E-state index contributed by atoms with van der Waals surface area (Å²) in [5, 5.41) is 3.27. The molecule has 5 nitrogen and oxygen atoms in total. The van der Waals surface area contributed by atoms with Crippen molar-refractivity contribution >= 4 is 0 Å². The van der Waals surface area contributed by atoms with E-state index >= 15 is 0 Å². The number of nitrogens with zero attached hydrogens (tertiary/aromatic N) is 1. The van der Waals surface area contributed by atoms with Gasteiger partial charge in [0, 0.05) is 46.0 Å². The first-order chi connectivity index (χ1) is 8.78. The second-order valence-electron chi connectivity index (χ2n) is 4.14. The maximum atomic E-state index is 5.41. The smallest absolute Gasteiger partial charge is 0.0628 e. The second kappa shape index (κ2) is 13.2. The van der Waals surface area contributed by atoms with E-state index in [2.05, 4.69) is 10.2 Å². The predicted molar refractivity (Wildman–Crippen MR) is 74.1 cm³/mol. The van der Waals surface area contributed by atoms with Crippen molar-refractivity contribution in [3.8, 4) is 0 Å². The molecule has 0 aliphatic carbocycles. The summed E-state index contributed by atoms with van der Waals surface area (Å²) in [5.41, 5.74) is 0. The molecule has 1 N–H and O–H groups in total. The zero-order valence-electron chi connectivity index (χ0n) is 12.4. The van der Waals surface area contributed by atoms with Crippen LogP contribution in [-0.2, 0) is 14.2 Å². The monoisotopic (exact) mass is 262 g/mol. The van der Waals surface area contributed by atoms with Gasteiger partial charge < -0.3 is 19.5 Å². The van der Waals surface area contributed by atoms with Gasteiger partial charge in [-0.1, -0.05) is 0 Å². The minimum atomic E-state index is 0.346. The number of nitrogens with one attached hydrogen (secondary N) is 1. The van der Waals surface area contributed by atoms with Gasteiger partial charge >= 0.3 is 0 Å². The molecule has 1 unspecified atom stereocenters. The lowest BCUT2D eigenvalue weighted by atomic mass is 10.3. The minimum Gasteiger partial charge on any atom is -0.383 e. The fourth-order valence-electron chi connectivity index (χ4n) is 1.71. The number of hydrogen-bond acceptors (Lipinski definition) is 5. The van der Waals surface area contributed by atoms with Crippen LogP contribution in [-0.4, -0.2) is 77.8 Å². The Morgan fingerprint density at radius 1 is 1.06 bits per heavy atom. The van der Waals surface area contributed by atoms with E-state index in [1.54, 1.807) is 7.11 Å². The van der Waals surface area contributed by atoms with Crippen molar-refractivity contribution in [1.29, 1.82) is 0 Å². The Bertz CT molecular complexity index is 160. The van der Waals surface area contributed by atoms with E-state index in [1.165, 1.54) is 0 Å². The maximum Gasteiger partial charge on any atom is 0.0628 e. The fraction of sp³-hybridized carbons (Fsp3) is 1.00. The molecular formula is C13H30N2O3. The highest BCUT2D eigenvalue weighted by molar-refractivity contribution is 4.70. The van der Waals surface area contributed by atoms with Crippen molar-refractivity contribution in [1.82, 2.24) is 10.2 Å². The first kappa shape index (κ1) is 17.8. The molecule has 0 heterocycles. The largest absolute Gasteiger partial charge is 0.383 e. The Kier molecular flexibility index (Phi) is 13.1. The molecule has 0 aromatic rings. The lowest BCUT2D eigenvalue weighted by Gasteiger charge is -2.26. The Hall–Kier alpha value is -0.200. The average molecular weight is 262 g/mol. The van der Waals surface area contributed by atoms with Crippen LogP contribution in [0.2, 0.25) is 0 Å². The van der Waals surface area contributed by atoms with E-state index in [4.69, 9.17) is 14.2 Å². The van der Waals surface area contributed by atoms with Crippen molar-refractivity contribution in [3.05, 3.63) is 0 Å². The van der Waals surface area contributed by atoms with E-state index in [-0.39, 0.29) is 0 Å². The number of ether oxygens (including phenoxy) is 3. The first-order valence-corrected chi connectivity index (χ1v) is 6.82. The summed E-state index contributed by atoms with van der Waals surface area (Å²) in [4.78, 5) is 2.35. The van der Waals surface area contributed by atoms with Crippen LogP contribution in [0.3, 0.4) is 0 Å². The van der Waals surface area contributed by atoms with Gasteiger partial charge in [0.1, 0.15) is 0 Å². The van der Waals surface area contributed by atoms with Crippen LogP contribution < -0.4 is 5.32 Å². The summed E-state index contributed by atoms with van der Waals surface area (Å²) in [5.74, 6) is 0. The highest BCUT2D eigenvalue weighted by atomic mass is 16.5. The second-order valence-corrected chi connectivity index (χ2v) is 4.14. The Morgan fingerprint density at radius 2 is 1.61 bits per heavy atom. The molecule has 1 atom stereocenters. The molecule has 0 radical (unpaired) electrons. The molecule has 0 fully saturated rings. The minimum absolute atomic E-state index is 0.346. The van der Waals surface area contributed by atoms with Gasteiger partial charge in [0.05, 0.1) is 19.8 Å². The van der Waals surface area contributed by atoms with Gasteiger partial charge in [-0.3, -0.25) is 4.90 Å². The first-order valence-electron chi connectivity index (χ1n) is 6.82. The van der Waals surface area contributed by atoms with Crippen LogP contribution in [0.4, 0.5) is 0 Å². The fourth-order valence-corrected chi connectivity index (χ4v) is 1.71. The SMILES string of the molecule is CCOCCN(CCOCC)CC(COC)NC. The van der Waals surface area contributed by atoms with Crippen LogP contribution in [0.25, 0.3) is 0 Å². The van der Waals surface area contributed by atoms with Gasteiger partial charge in [-0.2, -0.15) is 0 Å². The van der Waals surface area contributed by atoms with Crippen LogP contribution in [0.15, 0.2) is 0 Å². The zero-order valence-corrected chi connectivity index (χ0v) is 12.4. The molecule has 18 heavy (non-hydrogen) atoms. The van der Waals surface area contributed by atoms with Crippen LogP contribution >= 0.6 is 0 Å². The molecule has 0 aromatic carbocycles. The van der Waals surface area contributed by atoms with Gasteiger partial charge in [-0.05, 0) is 20.9 Å². The highest BCUT2D eigenvalue weighted by Crippen LogP contribution is 1.95. The van der Waals surface area contributed by atoms with Gasteiger partial charge in [0.25, 0.3) is 0 Å². The highest BCUT2D eigenvalue weighted by Gasteiger charge is 2.12. The normalized spacial score (nSPS) is 13.2. The third-order valence-electron chi connectivity index (χ3n) is 2.77. The number of likely N-dealkylation sites (N-methyl/N-ethyl adjacent to an activating group) is 1. The molecule has 0 rings (SSSR count). The quantitative estimate of drug-likeness (QED) is 0.492.